The molecule has 2 heterocycles. The van der Waals surface area contributed by atoms with Crippen LogP contribution in [0.5, 0.6) is 0 Å². The van der Waals surface area contributed by atoms with Crippen LogP contribution in [0.25, 0.3) is 0 Å². The second kappa shape index (κ2) is 5.44. The van der Waals surface area contributed by atoms with E-state index in [-0.39, 0.29) is 12.7 Å². The third-order valence-corrected chi connectivity index (χ3v) is 2.92. The number of aliphatic hydroxyl groups is 2. The monoisotopic (exact) mass is 238 g/mol. The number of hydrogen-bond donors (Lipinski definition) is 2. The Bertz CT molecular complexity index is 353. The second-order valence-electron chi connectivity index (χ2n) is 4.25. The predicted octanol–water partition coefficient (Wildman–Crippen LogP) is 0.332. The standard InChI is InChI=1S/C12H18N2O3/c1-9(16)10-2-3-12(13-6-10)14-4-5-17-11(7-14)8-15/h2-3,6,9,11,15-16H,4-5,7-8H2,1H3/t9-,11?/m0/s1. The van der Waals surface area contributed by atoms with Crippen LogP contribution in [0.2, 0.25) is 0 Å². The molecule has 1 aliphatic rings. The summed E-state index contributed by atoms with van der Waals surface area (Å²) in [5, 5.41) is 18.5. The van der Waals surface area contributed by atoms with Crippen molar-refractivity contribution in [2.45, 2.75) is 19.1 Å². The minimum absolute atomic E-state index is 0.0300. The van der Waals surface area contributed by atoms with E-state index in [0.29, 0.717) is 13.2 Å². The third kappa shape index (κ3) is 2.94. The van der Waals surface area contributed by atoms with Gasteiger partial charge in [0.1, 0.15) is 5.82 Å². The lowest BCUT2D eigenvalue weighted by atomic mass is 10.2. The normalized spacial score (nSPS) is 22.5. The summed E-state index contributed by atoms with van der Waals surface area (Å²) in [5.41, 5.74) is 0.806. The highest BCUT2D eigenvalue weighted by atomic mass is 16.5. The molecule has 5 nitrogen and oxygen atoms in total. The maximum Gasteiger partial charge on any atom is 0.128 e. The summed E-state index contributed by atoms with van der Waals surface area (Å²) in [7, 11) is 0. The van der Waals surface area contributed by atoms with Gasteiger partial charge in [0.15, 0.2) is 0 Å². The Morgan fingerprint density at radius 2 is 2.41 bits per heavy atom. The Balaban J connectivity index is 2.06. The minimum atomic E-state index is -0.494. The predicted molar refractivity (Wildman–Crippen MR) is 63.9 cm³/mol. The number of nitrogens with zero attached hydrogens (tertiary/aromatic N) is 2. The summed E-state index contributed by atoms with van der Waals surface area (Å²) >= 11 is 0. The first-order chi connectivity index (χ1) is 8.20. The van der Waals surface area contributed by atoms with Gasteiger partial charge in [-0.25, -0.2) is 4.98 Å². The zero-order chi connectivity index (χ0) is 12.3. The number of aliphatic hydroxyl groups excluding tert-OH is 2. The van der Waals surface area contributed by atoms with E-state index in [1.807, 2.05) is 12.1 Å². The highest BCUT2D eigenvalue weighted by molar-refractivity contribution is 5.40. The lowest BCUT2D eigenvalue weighted by molar-refractivity contribution is 0.00336. The molecule has 2 rings (SSSR count). The fraction of sp³-hybridized carbons (Fsp3) is 0.583. The van der Waals surface area contributed by atoms with Crippen molar-refractivity contribution in [3.8, 4) is 0 Å². The van der Waals surface area contributed by atoms with E-state index >= 15 is 0 Å². The molecule has 1 fully saturated rings. The SMILES string of the molecule is C[C@H](O)c1ccc(N2CCOC(CO)C2)nc1. The molecule has 94 valence electrons. The Kier molecular flexibility index (Phi) is 3.93. The minimum Gasteiger partial charge on any atom is -0.394 e. The quantitative estimate of drug-likeness (QED) is 0.794. The maximum atomic E-state index is 9.40. The zero-order valence-corrected chi connectivity index (χ0v) is 9.91. The molecule has 1 aromatic heterocycles. The molecule has 0 aromatic carbocycles. The van der Waals surface area contributed by atoms with Gasteiger partial charge in [0.25, 0.3) is 0 Å². The summed E-state index contributed by atoms with van der Waals surface area (Å²) in [6.07, 6.45) is 1.05. The average Bonchev–Trinajstić information content (AvgIpc) is 2.39. The summed E-state index contributed by atoms with van der Waals surface area (Å²) < 4.78 is 5.38. The maximum absolute atomic E-state index is 9.40. The van der Waals surface area contributed by atoms with Crippen molar-refractivity contribution in [1.29, 1.82) is 0 Å². The molecule has 17 heavy (non-hydrogen) atoms. The largest absolute Gasteiger partial charge is 0.394 e. The van der Waals surface area contributed by atoms with Crippen LogP contribution >= 0.6 is 0 Å². The molecule has 2 N–H and O–H groups in total. The van der Waals surface area contributed by atoms with Gasteiger partial charge in [0.2, 0.25) is 0 Å². The van der Waals surface area contributed by atoms with Gasteiger partial charge in [-0.3, -0.25) is 0 Å². The van der Waals surface area contributed by atoms with E-state index < -0.39 is 6.10 Å². The molecule has 0 spiro atoms. The van der Waals surface area contributed by atoms with E-state index in [1.165, 1.54) is 0 Å². The van der Waals surface area contributed by atoms with Gasteiger partial charge in [-0.2, -0.15) is 0 Å². The van der Waals surface area contributed by atoms with Crippen molar-refractivity contribution in [2.24, 2.45) is 0 Å². The van der Waals surface area contributed by atoms with Crippen molar-refractivity contribution < 1.29 is 14.9 Å². The van der Waals surface area contributed by atoms with E-state index in [1.54, 1.807) is 13.1 Å². The number of morpholine rings is 1. The van der Waals surface area contributed by atoms with Crippen LogP contribution in [0.3, 0.4) is 0 Å². The summed E-state index contributed by atoms with van der Waals surface area (Å²) in [5.74, 6) is 0.858. The van der Waals surface area contributed by atoms with E-state index in [2.05, 4.69) is 9.88 Å². The van der Waals surface area contributed by atoms with Crippen LogP contribution in [0.1, 0.15) is 18.6 Å². The topological polar surface area (TPSA) is 65.8 Å². The Labute approximate surface area is 101 Å². The Morgan fingerprint density at radius 3 is 3.00 bits per heavy atom. The molecule has 0 bridgehead atoms. The van der Waals surface area contributed by atoms with Gasteiger partial charge in [-0.05, 0) is 18.6 Å². The van der Waals surface area contributed by atoms with Crippen LogP contribution in [0, 0.1) is 0 Å². The lowest BCUT2D eigenvalue weighted by Gasteiger charge is -2.32. The van der Waals surface area contributed by atoms with Crippen molar-refractivity contribution in [1.82, 2.24) is 4.98 Å². The molecule has 1 aliphatic heterocycles. The number of aromatic nitrogens is 1. The van der Waals surface area contributed by atoms with Crippen LogP contribution in [-0.2, 0) is 4.74 Å². The molecule has 1 unspecified atom stereocenters. The van der Waals surface area contributed by atoms with Gasteiger partial charge in [-0.15, -0.1) is 0 Å². The first kappa shape index (κ1) is 12.3. The first-order valence-corrected chi connectivity index (χ1v) is 5.82. The van der Waals surface area contributed by atoms with Crippen molar-refractivity contribution in [3.63, 3.8) is 0 Å². The molecule has 5 heteroatoms. The van der Waals surface area contributed by atoms with Gasteiger partial charge >= 0.3 is 0 Å². The van der Waals surface area contributed by atoms with Crippen molar-refractivity contribution >= 4 is 5.82 Å². The summed E-state index contributed by atoms with van der Waals surface area (Å²) in [6.45, 7) is 3.77. The molecule has 1 aromatic rings. The molecule has 0 radical (unpaired) electrons. The number of ether oxygens (including phenoxy) is 1. The Morgan fingerprint density at radius 1 is 1.59 bits per heavy atom. The van der Waals surface area contributed by atoms with Gasteiger partial charge in [-0.1, -0.05) is 6.07 Å². The lowest BCUT2D eigenvalue weighted by Crippen LogP contribution is -2.44. The van der Waals surface area contributed by atoms with Crippen LogP contribution < -0.4 is 4.90 Å². The van der Waals surface area contributed by atoms with E-state index in [4.69, 9.17) is 9.84 Å². The Hall–Kier alpha value is -1.17. The molecule has 0 amide bonds. The fourth-order valence-electron chi connectivity index (χ4n) is 1.87. The number of hydrogen-bond acceptors (Lipinski definition) is 5. The third-order valence-electron chi connectivity index (χ3n) is 2.92. The molecular formula is C12H18N2O3. The molecular weight excluding hydrogens is 220 g/mol. The molecule has 1 saturated heterocycles. The van der Waals surface area contributed by atoms with Crippen molar-refractivity contribution in [2.75, 3.05) is 31.2 Å². The number of pyridine rings is 1. The van der Waals surface area contributed by atoms with Gasteiger partial charge in [0, 0.05) is 19.3 Å². The number of anilines is 1. The fourth-order valence-corrected chi connectivity index (χ4v) is 1.87. The first-order valence-electron chi connectivity index (χ1n) is 5.82. The highest BCUT2D eigenvalue weighted by Gasteiger charge is 2.20. The van der Waals surface area contributed by atoms with Crippen LogP contribution in [-0.4, -0.2) is 47.6 Å². The number of rotatable bonds is 3. The zero-order valence-electron chi connectivity index (χ0n) is 9.91. The molecule has 0 saturated carbocycles. The van der Waals surface area contributed by atoms with E-state index in [9.17, 15) is 5.11 Å². The van der Waals surface area contributed by atoms with Crippen LogP contribution in [0.4, 0.5) is 5.82 Å². The molecule has 0 aliphatic carbocycles. The van der Waals surface area contributed by atoms with Crippen LogP contribution in [0.15, 0.2) is 18.3 Å². The summed E-state index contributed by atoms with van der Waals surface area (Å²) in [4.78, 5) is 6.40. The van der Waals surface area contributed by atoms with Crippen molar-refractivity contribution in [3.05, 3.63) is 23.9 Å². The highest BCUT2D eigenvalue weighted by Crippen LogP contribution is 2.18. The summed E-state index contributed by atoms with van der Waals surface area (Å²) in [6, 6.07) is 3.76. The van der Waals surface area contributed by atoms with Gasteiger partial charge in [0.05, 0.1) is 25.4 Å². The van der Waals surface area contributed by atoms with Gasteiger partial charge < -0.3 is 19.8 Å². The van der Waals surface area contributed by atoms with E-state index in [0.717, 1.165) is 17.9 Å². The molecule has 2 atom stereocenters. The average molecular weight is 238 g/mol. The second-order valence-corrected chi connectivity index (χ2v) is 4.25. The smallest absolute Gasteiger partial charge is 0.128 e.